The molecule has 146 valence electrons. The summed E-state index contributed by atoms with van der Waals surface area (Å²) in [6.45, 7) is 1.91. The van der Waals surface area contributed by atoms with Gasteiger partial charge in [-0.3, -0.25) is 4.79 Å². The van der Waals surface area contributed by atoms with E-state index in [1.165, 1.54) is 18.4 Å². The van der Waals surface area contributed by atoms with Gasteiger partial charge >= 0.3 is 5.97 Å². The van der Waals surface area contributed by atoms with E-state index in [0.717, 1.165) is 25.9 Å². The second-order valence-corrected chi connectivity index (χ2v) is 8.48. The van der Waals surface area contributed by atoms with Gasteiger partial charge in [-0.2, -0.15) is 0 Å². The number of hydrogen-bond acceptors (Lipinski definition) is 5. The number of ether oxygens (including phenoxy) is 1. The lowest BCUT2D eigenvalue weighted by Gasteiger charge is -2.07. The standard InChI is InChI=1S/C22H16BrNO4S/c1-12-18(13-7-9-15(23)10-8-13)19(22(26)27-2)21(29-12)24-20(25)17-11-14-5-3-4-6-16(14)28-17/h3-11H,1-2H3,(H,24,25). The zero-order valence-electron chi connectivity index (χ0n) is 15.6. The van der Waals surface area contributed by atoms with E-state index >= 15 is 0 Å². The number of halogens is 1. The molecule has 0 spiro atoms. The smallest absolute Gasteiger partial charge is 0.341 e. The van der Waals surface area contributed by atoms with Gasteiger partial charge in [-0.05, 0) is 36.8 Å². The highest BCUT2D eigenvalue weighted by atomic mass is 79.9. The molecule has 4 aromatic rings. The molecule has 5 nitrogen and oxygen atoms in total. The number of carbonyl (C=O) groups is 2. The topological polar surface area (TPSA) is 68.5 Å². The molecule has 0 aliphatic rings. The average Bonchev–Trinajstić information content (AvgIpc) is 3.29. The quantitative estimate of drug-likeness (QED) is 0.357. The number of carbonyl (C=O) groups excluding carboxylic acids is 2. The molecule has 1 N–H and O–H groups in total. The predicted molar refractivity (Wildman–Crippen MR) is 118 cm³/mol. The van der Waals surface area contributed by atoms with Crippen LogP contribution in [0.25, 0.3) is 22.1 Å². The van der Waals surface area contributed by atoms with Gasteiger partial charge in [0.15, 0.2) is 5.76 Å². The molecule has 7 heteroatoms. The third kappa shape index (κ3) is 3.71. The van der Waals surface area contributed by atoms with Crippen LogP contribution in [0.1, 0.15) is 25.8 Å². The fraction of sp³-hybridized carbons (Fsp3) is 0.0909. The summed E-state index contributed by atoms with van der Waals surface area (Å²) in [5, 5.41) is 4.09. The number of methoxy groups -OCH3 is 1. The van der Waals surface area contributed by atoms with Gasteiger partial charge in [0.25, 0.3) is 5.91 Å². The summed E-state index contributed by atoms with van der Waals surface area (Å²) >= 11 is 4.75. The molecule has 0 saturated heterocycles. The van der Waals surface area contributed by atoms with Crippen molar-refractivity contribution in [2.75, 3.05) is 12.4 Å². The third-order valence-corrected chi connectivity index (χ3v) is 6.03. The van der Waals surface area contributed by atoms with Crippen LogP contribution >= 0.6 is 27.3 Å². The molecular weight excluding hydrogens is 454 g/mol. The van der Waals surface area contributed by atoms with Crippen LogP contribution in [0.5, 0.6) is 0 Å². The van der Waals surface area contributed by atoms with Crippen LogP contribution in [0.2, 0.25) is 0 Å². The number of para-hydroxylation sites is 1. The van der Waals surface area contributed by atoms with Crippen molar-refractivity contribution in [2.45, 2.75) is 6.92 Å². The first-order chi connectivity index (χ1) is 14.0. The van der Waals surface area contributed by atoms with Crippen molar-refractivity contribution in [3.8, 4) is 11.1 Å². The molecule has 0 atom stereocenters. The van der Waals surface area contributed by atoms with Gasteiger partial charge in [0.2, 0.25) is 0 Å². The first kappa shape index (κ1) is 19.4. The highest BCUT2D eigenvalue weighted by Crippen LogP contribution is 2.41. The van der Waals surface area contributed by atoms with Gasteiger partial charge in [-0.25, -0.2) is 4.79 Å². The number of benzene rings is 2. The van der Waals surface area contributed by atoms with Gasteiger partial charge in [0.1, 0.15) is 16.1 Å². The Bertz CT molecular complexity index is 1190. The fourth-order valence-electron chi connectivity index (χ4n) is 3.15. The van der Waals surface area contributed by atoms with Crippen molar-refractivity contribution in [2.24, 2.45) is 0 Å². The number of rotatable bonds is 4. The number of fused-ring (bicyclic) bond motifs is 1. The maximum Gasteiger partial charge on any atom is 0.341 e. The zero-order chi connectivity index (χ0) is 20.5. The van der Waals surface area contributed by atoms with Crippen LogP contribution < -0.4 is 5.32 Å². The first-order valence-electron chi connectivity index (χ1n) is 8.75. The molecule has 2 heterocycles. The summed E-state index contributed by atoms with van der Waals surface area (Å²) in [5.74, 6) is -0.750. The average molecular weight is 470 g/mol. The Morgan fingerprint density at radius 3 is 2.52 bits per heavy atom. The van der Waals surface area contributed by atoms with Crippen molar-refractivity contribution >= 4 is 55.1 Å². The number of thiophene rings is 1. The Morgan fingerprint density at radius 2 is 1.83 bits per heavy atom. The minimum Gasteiger partial charge on any atom is -0.465 e. The van der Waals surface area contributed by atoms with E-state index in [4.69, 9.17) is 9.15 Å². The molecule has 4 rings (SSSR count). The summed E-state index contributed by atoms with van der Waals surface area (Å²) in [6.07, 6.45) is 0. The van der Waals surface area contributed by atoms with Crippen LogP contribution in [0.3, 0.4) is 0 Å². The minimum absolute atomic E-state index is 0.179. The van der Waals surface area contributed by atoms with Crippen LogP contribution in [0.4, 0.5) is 5.00 Å². The van der Waals surface area contributed by atoms with E-state index in [9.17, 15) is 9.59 Å². The highest BCUT2D eigenvalue weighted by molar-refractivity contribution is 9.10. The monoisotopic (exact) mass is 469 g/mol. The van der Waals surface area contributed by atoms with Gasteiger partial charge < -0.3 is 14.5 Å². The lowest BCUT2D eigenvalue weighted by Crippen LogP contribution is -2.13. The Hall–Kier alpha value is -2.90. The maximum atomic E-state index is 12.8. The first-order valence-corrected chi connectivity index (χ1v) is 10.4. The summed E-state index contributed by atoms with van der Waals surface area (Å²) in [7, 11) is 1.32. The summed E-state index contributed by atoms with van der Waals surface area (Å²) in [5.41, 5.74) is 2.58. The minimum atomic E-state index is -0.507. The second kappa shape index (κ2) is 7.85. The number of aryl methyl sites for hydroxylation is 1. The van der Waals surface area contributed by atoms with Crippen LogP contribution in [0.15, 0.2) is 63.5 Å². The number of esters is 1. The molecule has 2 aromatic heterocycles. The van der Waals surface area contributed by atoms with Crippen LogP contribution in [-0.2, 0) is 4.74 Å². The van der Waals surface area contributed by atoms with E-state index in [2.05, 4.69) is 21.2 Å². The number of furan rings is 1. The maximum absolute atomic E-state index is 12.8. The third-order valence-electron chi connectivity index (χ3n) is 4.48. The van der Waals surface area contributed by atoms with E-state index in [1.54, 1.807) is 12.1 Å². The molecule has 0 bridgehead atoms. The van der Waals surface area contributed by atoms with Gasteiger partial charge in [0, 0.05) is 20.3 Å². The number of anilines is 1. The Morgan fingerprint density at radius 1 is 1.10 bits per heavy atom. The summed E-state index contributed by atoms with van der Waals surface area (Å²) in [4.78, 5) is 26.3. The van der Waals surface area contributed by atoms with Gasteiger partial charge in [0.05, 0.1) is 7.11 Å². The molecule has 2 aromatic carbocycles. The Labute approximate surface area is 179 Å². The largest absolute Gasteiger partial charge is 0.465 e. The number of amides is 1. The van der Waals surface area contributed by atoms with Crippen molar-refractivity contribution < 1.29 is 18.7 Å². The second-order valence-electron chi connectivity index (χ2n) is 6.34. The van der Waals surface area contributed by atoms with E-state index in [1.807, 2.05) is 49.4 Å². The van der Waals surface area contributed by atoms with E-state index < -0.39 is 11.9 Å². The molecule has 1 amide bonds. The molecule has 0 aliphatic carbocycles. The fourth-order valence-corrected chi connectivity index (χ4v) is 4.48. The lowest BCUT2D eigenvalue weighted by atomic mass is 10.0. The predicted octanol–water partition coefficient (Wildman–Crippen LogP) is 6.27. The highest BCUT2D eigenvalue weighted by Gasteiger charge is 2.26. The molecule has 0 radical (unpaired) electrons. The Kier molecular flexibility index (Phi) is 5.25. The molecule has 0 fully saturated rings. The SMILES string of the molecule is COC(=O)c1c(NC(=O)c2cc3ccccc3o2)sc(C)c1-c1ccc(Br)cc1. The molecule has 29 heavy (non-hydrogen) atoms. The van der Waals surface area contributed by atoms with Crippen LogP contribution in [0, 0.1) is 6.92 Å². The molecule has 0 unspecified atom stereocenters. The number of hydrogen-bond donors (Lipinski definition) is 1. The lowest BCUT2D eigenvalue weighted by molar-refractivity contribution is 0.0603. The molecule has 0 aliphatic heterocycles. The molecule has 0 saturated carbocycles. The normalized spacial score (nSPS) is 10.9. The van der Waals surface area contributed by atoms with Crippen molar-refractivity contribution in [3.63, 3.8) is 0 Å². The Balaban J connectivity index is 1.75. The summed E-state index contributed by atoms with van der Waals surface area (Å²) in [6, 6.07) is 16.7. The van der Waals surface area contributed by atoms with Crippen LogP contribution in [-0.4, -0.2) is 19.0 Å². The van der Waals surface area contributed by atoms with E-state index in [0.29, 0.717) is 16.1 Å². The molecular formula is C22H16BrNO4S. The van der Waals surface area contributed by atoms with E-state index in [-0.39, 0.29) is 5.76 Å². The number of nitrogens with one attached hydrogen (secondary N) is 1. The van der Waals surface area contributed by atoms with Gasteiger partial charge in [-0.1, -0.05) is 46.3 Å². The van der Waals surface area contributed by atoms with Crippen molar-refractivity contribution in [1.82, 2.24) is 0 Å². The van der Waals surface area contributed by atoms with Crippen molar-refractivity contribution in [3.05, 3.63) is 75.3 Å². The zero-order valence-corrected chi connectivity index (χ0v) is 18.0. The summed E-state index contributed by atoms with van der Waals surface area (Å²) < 4.78 is 11.6. The van der Waals surface area contributed by atoms with Gasteiger partial charge in [-0.15, -0.1) is 11.3 Å². The van der Waals surface area contributed by atoms with Crippen molar-refractivity contribution in [1.29, 1.82) is 0 Å².